The summed E-state index contributed by atoms with van der Waals surface area (Å²) in [4.78, 5) is 28.4. The van der Waals surface area contributed by atoms with E-state index in [1.54, 1.807) is 18.3 Å². The Labute approximate surface area is 123 Å². The standard InChI is InChI=1S/C16H18N2O3/c1-10(2)13(16(20)21-3)18-15(19)12-8-4-6-11-7-5-9-17-14(11)12/h4-10,13H,1-3H3,(H,18,19)/t13-/m0/s1. The van der Waals surface area contributed by atoms with E-state index in [2.05, 4.69) is 10.3 Å². The summed E-state index contributed by atoms with van der Waals surface area (Å²) in [7, 11) is 1.31. The summed E-state index contributed by atoms with van der Waals surface area (Å²) in [5.74, 6) is -0.848. The van der Waals surface area contributed by atoms with Crippen molar-refractivity contribution in [1.29, 1.82) is 0 Å². The van der Waals surface area contributed by atoms with Crippen LogP contribution in [0.25, 0.3) is 10.9 Å². The number of carbonyl (C=O) groups is 2. The molecule has 2 aromatic rings. The fourth-order valence-electron chi connectivity index (χ4n) is 2.13. The normalized spacial score (nSPS) is 12.2. The van der Waals surface area contributed by atoms with Crippen LogP contribution in [0.5, 0.6) is 0 Å². The van der Waals surface area contributed by atoms with Crippen molar-refractivity contribution in [3.8, 4) is 0 Å². The quantitative estimate of drug-likeness (QED) is 0.875. The van der Waals surface area contributed by atoms with Crippen LogP contribution in [-0.2, 0) is 9.53 Å². The molecule has 1 heterocycles. The van der Waals surface area contributed by atoms with Gasteiger partial charge >= 0.3 is 5.97 Å². The number of rotatable bonds is 4. The molecule has 1 atom stereocenters. The van der Waals surface area contributed by atoms with Crippen molar-refractivity contribution in [2.24, 2.45) is 5.92 Å². The Bertz CT molecular complexity index is 662. The van der Waals surface area contributed by atoms with Crippen molar-refractivity contribution in [2.75, 3.05) is 7.11 Å². The van der Waals surface area contributed by atoms with E-state index in [0.717, 1.165) is 5.39 Å². The SMILES string of the molecule is COC(=O)[C@@H](NC(=O)c1cccc2cccnc12)C(C)C. The first kappa shape index (κ1) is 15.0. The van der Waals surface area contributed by atoms with Gasteiger partial charge in [-0.3, -0.25) is 9.78 Å². The molecule has 1 amide bonds. The van der Waals surface area contributed by atoms with Crippen molar-refractivity contribution in [1.82, 2.24) is 10.3 Å². The Hall–Kier alpha value is -2.43. The molecule has 1 N–H and O–H groups in total. The molecule has 2 rings (SSSR count). The van der Waals surface area contributed by atoms with Crippen molar-refractivity contribution in [3.63, 3.8) is 0 Å². The van der Waals surface area contributed by atoms with Crippen molar-refractivity contribution in [2.45, 2.75) is 19.9 Å². The number of nitrogens with zero attached hydrogens (tertiary/aromatic N) is 1. The van der Waals surface area contributed by atoms with Gasteiger partial charge in [-0.05, 0) is 18.1 Å². The molecule has 0 aliphatic rings. The predicted molar refractivity (Wildman–Crippen MR) is 79.9 cm³/mol. The van der Waals surface area contributed by atoms with Crippen molar-refractivity contribution >= 4 is 22.8 Å². The van der Waals surface area contributed by atoms with Gasteiger partial charge in [-0.2, -0.15) is 0 Å². The van der Waals surface area contributed by atoms with Crippen LogP contribution in [0, 0.1) is 5.92 Å². The third-order valence-electron chi connectivity index (χ3n) is 3.29. The van der Waals surface area contributed by atoms with Crippen molar-refractivity contribution < 1.29 is 14.3 Å². The molecular weight excluding hydrogens is 268 g/mol. The zero-order chi connectivity index (χ0) is 15.4. The fraction of sp³-hybridized carbons (Fsp3) is 0.312. The number of benzene rings is 1. The molecule has 5 heteroatoms. The van der Waals surface area contributed by atoms with E-state index < -0.39 is 12.0 Å². The van der Waals surface area contributed by atoms with Crippen LogP contribution in [-0.4, -0.2) is 30.0 Å². The van der Waals surface area contributed by atoms with Gasteiger partial charge in [-0.15, -0.1) is 0 Å². The summed E-state index contributed by atoms with van der Waals surface area (Å²) in [5.41, 5.74) is 1.06. The van der Waals surface area contributed by atoms with Gasteiger partial charge in [-0.25, -0.2) is 4.79 Å². The first-order valence-corrected chi connectivity index (χ1v) is 6.77. The first-order chi connectivity index (χ1) is 10.0. The lowest BCUT2D eigenvalue weighted by molar-refractivity contribution is -0.144. The summed E-state index contributed by atoms with van der Waals surface area (Å²) in [6, 6.07) is 8.40. The number of fused-ring (bicyclic) bond motifs is 1. The van der Waals surface area contributed by atoms with E-state index in [4.69, 9.17) is 4.74 Å². The van der Waals surface area contributed by atoms with Gasteiger partial charge in [0.1, 0.15) is 6.04 Å². The maximum Gasteiger partial charge on any atom is 0.328 e. The molecule has 0 spiro atoms. The van der Waals surface area contributed by atoms with Gasteiger partial charge in [0.15, 0.2) is 0 Å². The Morgan fingerprint density at radius 3 is 2.57 bits per heavy atom. The Kier molecular flexibility index (Phi) is 4.52. The molecule has 0 saturated carbocycles. The summed E-state index contributed by atoms with van der Waals surface area (Å²) < 4.78 is 4.73. The number of aromatic nitrogens is 1. The van der Waals surface area contributed by atoms with E-state index in [9.17, 15) is 9.59 Å². The second-order valence-corrected chi connectivity index (χ2v) is 5.10. The number of amides is 1. The van der Waals surface area contributed by atoms with Crippen molar-refractivity contribution in [3.05, 3.63) is 42.1 Å². The molecular formula is C16H18N2O3. The van der Waals surface area contributed by atoms with E-state index in [0.29, 0.717) is 11.1 Å². The number of methoxy groups -OCH3 is 1. The molecule has 1 aromatic heterocycles. The molecule has 110 valence electrons. The minimum atomic E-state index is -0.679. The summed E-state index contributed by atoms with van der Waals surface area (Å²) in [5, 5.41) is 3.60. The Morgan fingerprint density at radius 1 is 1.19 bits per heavy atom. The van der Waals surface area contributed by atoms with E-state index in [1.165, 1.54) is 7.11 Å². The average molecular weight is 286 g/mol. The van der Waals surface area contributed by atoms with Gasteiger partial charge in [0.25, 0.3) is 5.91 Å². The number of para-hydroxylation sites is 1. The highest BCUT2D eigenvalue weighted by Crippen LogP contribution is 2.16. The van der Waals surface area contributed by atoms with Gasteiger partial charge in [0.05, 0.1) is 18.2 Å². The second kappa shape index (κ2) is 6.35. The Morgan fingerprint density at radius 2 is 1.90 bits per heavy atom. The summed E-state index contributed by atoms with van der Waals surface area (Å²) in [6.07, 6.45) is 1.64. The highest BCUT2D eigenvalue weighted by molar-refractivity contribution is 6.06. The molecule has 1 aromatic carbocycles. The van der Waals surface area contributed by atoms with Crippen LogP contribution in [0.1, 0.15) is 24.2 Å². The van der Waals surface area contributed by atoms with E-state index >= 15 is 0 Å². The number of pyridine rings is 1. The Balaban J connectivity index is 2.32. The molecule has 0 aliphatic carbocycles. The number of hydrogen-bond donors (Lipinski definition) is 1. The van der Waals surface area contributed by atoms with Crippen LogP contribution in [0.4, 0.5) is 0 Å². The lowest BCUT2D eigenvalue weighted by atomic mass is 10.0. The third-order valence-corrected chi connectivity index (χ3v) is 3.29. The highest BCUT2D eigenvalue weighted by atomic mass is 16.5. The molecule has 0 radical (unpaired) electrons. The maximum atomic E-state index is 12.4. The summed E-state index contributed by atoms with van der Waals surface area (Å²) in [6.45, 7) is 3.70. The lowest BCUT2D eigenvalue weighted by Crippen LogP contribution is -2.45. The molecule has 5 nitrogen and oxygen atoms in total. The van der Waals surface area contributed by atoms with Crippen LogP contribution in [0.15, 0.2) is 36.5 Å². The van der Waals surface area contributed by atoms with E-state index in [1.807, 2.05) is 32.0 Å². The van der Waals surface area contributed by atoms with Crippen LogP contribution in [0.2, 0.25) is 0 Å². The number of ether oxygens (including phenoxy) is 1. The van der Waals surface area contributed by atoms with Gasteiger partial charge in [0, 0.05) is 11.6 Å². The van der Waals surface area contributed by atoms with Crippen LogP contribution in [0.3, 0.4) is 0 Å². The van der Waals surface area contributed by atoms with Gasteiger partial charge < -0.3 is 10.1 Å². The third kappa shape index (κ3) is 3.18. The zero-order valence-corrected chi connectivity index (χ0v) is 12.3. The average Bonchev–Trinajstić information content (AvgIpc) is 2.50. The highest BCUT2D eigenvalue weighted by Gasteiger charge is 2.26. The second-order valence-electron chi connectivity index (χ2n) is 5.10. The topological polar surface area (TPSA) is 68.3 Å². The zero-order valence-electron chi connectivity index (χ0n) is 12.3. The summed E-state index contributed by atoms with van der Waals surface area (Å²) >= 11 is 0. The predicted octanol–water partition coefficient (Wildman–Crippen LogP) is 2.16. The number of hydrogen-bond acceptors (Lipinski definition) is 4. The monoisotopic (exact) mass is 286 g/mol. The fourth-order valence-corrected chi connectivity index (χ4v) is 2.13. The first-order valence-electron chi connectivity index (χ1n) is 6.77. The minimum Gasteiger partial charge on any atom is -0.467 e. The van der Waals surface area contributed by atoms with Gasteiger partial charge in [0.2, 0.25) is 0 Å². The van der Waals surface area contributed by atoms with Crippen LogP contribution < -0.4 is 5.32 Å². The number of esters is 1. The number of carbonyl (C=O) groups excluding carboxylic acids is 2. The molecule has 0 saturated heterocycles. The molecule has 0 unspecified atom stereocenters. The largest absolute Gasteiger partial charge is 0.467 e. The molecule has 0 bridgehead atoms. The van der Waals surface area contributed by atoms with Gasteiger partial charge in [-0.1, -0.05) is 32.0 Å². The maximum absolute atomic E-state index is 12.4. The molecule has 21 heavy (non-hydrogen) atoms. The van der Waals surface area contributed by atoms with Crippen LogP contribution >= 0.6 is 0 Å². The van der Waals surface area contributed by atoms with E-state index in [-0.39, 0.29) is 11.8 Å². The number of nitrogens with one attached hydrogen (secondary N) is 1. The lowest BCUT2D eigenvalue weighted by Gasteiger charge is -2.20. The molecule has 0 aliphatic heterocycles. The minimum absolute atomic E-state index is 0.0654. The smallest absolute Gasteiger partial charge is 0.328 e. The molecule has 0 fully saturated rings.